The van der Waals surface area contributed by atoms with Crippen molar-refractivity contribution in [1.82, 2.24) is 0 Å². The number of fused-ring (bicyclic) bond motifs is 2. The van der Waals surface area contributed by atoms with Crippen molar-refractivity contribution < 1.29 is 0 Å². The molecule has 0 aromatic heterocycles. The lowest BCUT2D eigenvalue weighted by molar-refractivity contribution is 1.44. The molecule has 0 saturated carbocycles. The third-order valence-corrected chi connectivity index (χ3v) is 8.51. The lowest BCUT2D eigenvalue weighted by Gasteiger charge is -2.22. The van der Waals surface area contributed by atoms with Gasteiger partial charge in [-0.3, -0.25) is 0 Å². The lowest BCUT2D eigenvalue weighted by Crippen LogP contribution is -1.98. The zero-order valence-electron chi connectivity index (χ0n) is 27.3. The van der Waals surface area contributed by atoms with Gasteiger partial charge in [-0.2, -0.15) is 0 Å². The Balaban J connectivity index is 0.00000103. The van der Waals surface area contributed by atoms with E-state index in [4.69, 9.17) is 5.73 Å². The molecule has 0 bridgehead atoms. The molecule has 0 aliphatic heterocycles. The third-order valence-electron chi connectivity index (χ3n) is 8.51. The Kier molecular flexibility index (Phi) is 10.3. The highest BCUT2D eigenvalue weighted by Crippen LogP contribution is 2.45. The molecule has 0 heterocycles. The van der Waals surface area contributed by atoms with Crippen LogP contribution in [0.15, 0.2) is 166 Å². The monoisotopic (exact) mass is 607 g/mol. The third kappa shape index (κ3) is 6.57. The minimum Gasteiger partial charge on any atom is -0.398 e. The van der Waals surface area contributed by atoms with Crippen LogP contribution in [-0.2, 0) is 0 Å². The Bertz CT molecular complexity index is 2160. The molecule has 0 aliphatic carbocycles. The minimum absolute atomic E-state index is 0.751. The first kappa shape index (κ1) is 32.5. The number of allylic oxidation sites excluding steroid dienone is 5. The van der Waals surface area contributed by atoms with E-state index in [0.717, 1.165) is 28.0 Å². The molecule has 47 heavy (non-hydrogen) atoms. The Labute approximate surface area is 279 Å². The Hall–Kier alpha value is -5.92. The first-order valence-corrected chi connectivity index (χ1v) is 15.8. The normalized spacial score (nSPS) is 11.2. The van der Waals surface area contributed by atoms with Gasteiger partial charge >= 0.3 is 0 Å². The summed E-state index contributed by atoms with van der Waals surface area (Å²) in [5.74, 6) is 0. The van der Waals surface area contributed by atoms with E-state index >= 15 is 0 Å². The fourth-order valence-corrected chi connectivity index (χ4v) is 6.21. The first-order chi connectivity index (χ1) is 23.0. The predicted octanol–water partition coefficient (Wildman–Crippen LogP) is 12.8. The van der Waals surface area contributed by atoms with Crippen LogP contribution in [0.1, 0.15) is 29.2 Å². The quantitative estimate of drug-likeness (QED) is 0.171. The lowest BCUT2D eigenvalue weighted by atomic mass is 9.81. The summed E-state index contributed by atoms with van der Waals surface area (Å²) in [6.07, 6.45) is 13.1. The summed E-state index contributed by atoms with van der Waals surface area (Å²) in [5.41, 5.74) is 18.5. The number of rotatable bonds is 8. The van der Waals surface area contributed by atoms with Crippen LogP contribution in [0.5, 0.6) is 0 Å². The summed E-state index contributed by atoms with van der Waals surface area (Å²) < 4.78 is 0. The highest BCUT2D eigenvalue weighted by molar-refractivity contribution is 6.12. The molecule has 6 aromatic rings. The largest absolute Gasteiger partial charge is 0.398 e. The summed E-state index contributed by atoms with van der Waals surface area (Å²) in [5, 5.41) is 4.85. The second kappa shape index (κ2) is 14.9. The van der Waals surface area contributed by atoms with Gasteiger partial charge in [0.15, 0.2) is 0 Å². The molecule has 6 rings (SSSR count). The average Bonchev–Trinajstić information content (AvgIpc) is 3.13. The van der Waals surface area contributed by atoms with Gasteiger partial charge in [-0.1, -0.05) is 166 Å². The molecule has 0 spiro atoms. The maximum Gasteiger partial charge on any atom is 0.0387 e. The molecule has 1 heteroatoms. The molecule has 0 saturated heterocycles. The van der Waals surface area contributed by atoms with Crippen molar-refractivity contribution in [3.8, 4) is 33.4 Å². The number of hydrogen-bond acceptors (Lipinski definition) is 1. The van der Waals surface area contributed by atoms with Gasteiger partial charge in [0.1, 0.15) is 0 Å². The van der Waals surface area contributed by atoms with Crippen LogP contribution >= 0.6 is 0 Å². The second-order valence-corrected chi connectivity index (χ2v) is 11.3. The second-order valence-electron chi connectivity index (χ2n) is 11.3. The van der Waals surface area contributed by atoms with Gasteiger partial charge in [0, 0.05) is 5.70 Å². The summed E-state index contributed by atoms with van der Waals surface area (Å²) in [4.78, 5) is 0. The highest BCUT2D eigenvalue weighted by Gasteiger charge is 2.20. The van der Waals surface area contributed by atoms with Crippen molar-refractivity contribution in [1.29, 1.82) is 0 Å². The van der Waals surface area contributed by atoms with Gasteiger partial charge in [-0.15, -0.1) is 0 Å². The van der Waals surface area contributed by atoms with Gasteiger partial charge in [0.25, 0.3) is 0 Å². The van der Waals surface area contributed by atoms with E-state index in [1.165, 1.54) is 54.9 Å². The van der Waals surface area contributed by atoms with Crippen LogP contribution in [0, 0.1) is 6.92 Å². The van der Waals surface area contributed by atoms with Crippen LogP contribution in [0.4, 0.5) is 0 Å². The molecule has 2 N–H and O–H groups in total. The van der Waals surface area contributed by atoms with Gasteiger partial charge in [-0.25, -0.2) is 0 Å². The van der Waals surface area contributed by atoms with E-state index in [0.29, 0.717) is 0 Å². The minimum atomic E-state index is 0.751. The summed E-state index contributed by atoms with van der Waals surface area (Å²) in [6, 6.07) is 39.0. The van der Waals surface area contributed by atoms with E-state index in [2.05, 4.69) is 142 Å². The van der Waals surface area contributed by atoms with Crippen LogP contribution in [-0.4, -0.2) is 0 Å². The van der Waals surface area contributed by atoms with Crippen LogP contribution in [0.2, 0.25) is 0 Å². The zero-order valence-corrected chi connectivity index (χ0v) is 27.3. The predicted molar refractivity (Wildman–Crippen MR) is 210 cm³/mol. The molecule has 6 aromatic carbocycles. The fourth-order valence-electron chi connectivity index (χ4n) is 6.21. The maximum atomic E-state index is 6.29. The van der Waals surface area contributed by atoms with Crippen molar-refractivity contribution in [2.45, 2.75) is 13.8 Å². The molecular formula is C46H41N. The van der Waals surface area contributed by atoms with Crippen molar-refractivity contribution >= 4 is 39.4 Å². The SMILES string of the molecule is C=CC=C.C=Cc1c(C=C)c(-c2cccc(-c3ccc(/C(N)=C/C=C\C)cc3)c2C)c2ccccc2c1-c1ccc2ccccc2c1. The molecule has 0 aliphatic rings. The van der Waals surface area contributed by atoms with E-state index in [1.54, 1.807) is 12.2 Å². The van der Waals surface area contributed by atoms with Crippen molar-refractivity contribution in [2.24, 2.45) is 5.73 Å². The number of benzene rings is 6. The van der Waals surface area contributed by atoms with E-state index in [-0.39, 0.29) is 0 Å². The smallest absolute Gasteiger partial charge is 0.0387 e. The van der Waals surface area contributed by atoms with Crippen LogP contribution in [0.25, 0.3) is 72.8 Å². The van der Waals surface area contributed by atoms with Crippen molar-refractivity contribution in [3.05, 3.63) is 188 Å². The molecule has 0 radical (unpaired) electrons. The molecular weight excluding hydrogens is 567 g/mol. The van der Waals surface area contributed by atoms with Crippen LogP contribution in [0.3, 0.4) is 0 Å². The molecule has 0 atom stereocenters. The van der Waals surface area contributed by atoms with Crippen molar-refractivity contribution in [2.75, 3.05) is 0 Å². The first-order valence-electron chi connectivity index (χ1n) is 15.8. The number of nitrogens with two attached hydrogens (primary N) is 1. The summed E-state index contributed by atoms with van der Waals surface area (Å²) in [7, 11) is 0. The van der Waals surface area contributed by atoms with E-state index in [1.807, 2.05) is 37.3 Å². The highest BCUT2D eigenvalue weighted by atomic mass is 14.6. The van der Waals surface area contributed by atoms with E-state index < -0.39 is 0 Å². The topological polar surface area (TPSA) is 26.0 Å². The molecule has 0 amide bonds. The summed E-state index contributed by atoms with van der Waals surface area (Å²) in [6.45, 7) is 19.5. The summed E-state index contributed by atoms with van der Waals surface area (Å²) >= 11 is 0. The van der Waals surface area contributed by atoms with Gasteiger partial charge in [0.2, 0.25) is 0 Å². The van der Waals surface area contributed by atoms with Crippen molar-refractivity contribution in [3.63, 3.8) is 0 Å². The standard InChI is InChI=1S/C42H35N.C4H6/c1-5-8-20-40(43)31-24-22-30(23-25-31)36-18-13-19-37(28(36)4)42-35(7-3)34(6-2)41(38-16-11-12-17-39(38)42)33-26-21-29-14-9-10-15-32(29)27-33;1-3-4-2/h5-27H,2-3,43H2,1,4H3;3-4H,1-2H2/b8-5-,40-20-;. The molecule has 0 fully saturated rings. The average molecular weight is 608 g/mol. The van der Waals surface area contributed by atoms with Gasteiger partial charge in [-0.05, 0) is 103 Å². The zero-order chi connectivity index (χ0) is 33.3. The Morgan fingerprint density at radius 3 is 1.81 bits per heavy atom. The molecule has 1 nitrogen and oxygen atoms in total. The van der Waals surface area contributed by atoms with E-state index in [9.17, 15) is 0 Å². The Morgan fingerprint density at radius 2 is 1.17 bits per heavy atom. The van der Waals surface area contributed by atoms with Crippen LogP contribution < -0.4 is 5.73 Å². The molecule has 0 unspecified atom stereocenters. The molecule has 230 valence electrons. The maximum absolute atomic E-state index is 6.29. The fraction of sp³-hybridized carbons (Fsp3) is 0.0435. The van der Waals surface area contributed by atoms with Gasteiger partial charge < -0.3 is 5.73 Å². The Morgan fingerprint density at radius 1 is 0.596 bits per heavy atom. The number of hydrogen-bond donors (Lipinski definition) is 1. The van der Waals surface area contributed by atoms with Gasteiger partial charge in [0.05, 0.1) is 0 Å².